The first-order valence-electron chi connectivity index (χ1n) is 6.42. The van der Waals surface area contributed by atoms with Crippen LogP contribution < -0.4 is 0 Å². The number of hydrogen-bond donors (Lipinski definition) is 0. The molecule has 0 unspecified atom stereocenters. The van der Waals surface area contributed by atoms with Crippen LogP contribution in [0.1, 0.15) is 26.3 Å². The van der Waals surface area contributed by atoms with E-state index < -0.39 is 26.3 Å². The van der Waals surface area contributed by atoms with Crippen molar-refractivity contribution in [1.29, 1.82) is 0 Å². The summed E-state index contributed by atoms with van der Waals surface area (Å²) in [6, 6.07) is 9.70. The summed E-state index contributed by atoms with van der Waals surface area (Å²) in [5.74, 6) is 0.0630. The summed E-state index contributed by atoms with van der Waals surface area (Å²) in [5, 5.41) is 0. The zero-order chi connectivity index (χ0) is 15.3. The second kappa shape index (κ2) is 7.06. The number of rotatable bonds is 4. The van der Waals surface area contributed by atoms with E-state index in [-0.39, 0.29) is 9.74 Å². The van der Waals surface area contributed by atoms with Gasteiger partial charge < -0.3 is 0 Å². The normalized spacial score (nSPS) is 12.2. The van der Waals surface area contributed by atoms with E-state index in [9.17, 15) is 9.59 Å². The zero-order valence-electron chi connectivity index (χ0n) is 12.6. The fourth-order valence-corrected chi connectivity index (χ4v) is 3.55. The van der Waals surface area contributed by atoms with Crippen LogP contribution in [0.5, 0.6) is 0 Å². The Labute approximate surface area is 131 Å². The van der Waals surface area contributed by atoms with Crippen molar-refractivity contribution in [1.82, 2.24) is 4.90 Å². The number of carbonyl (C=O) groups is 2. The maximum absolute atomic E-state index is 12.2. The molecule has 0 atom stereocenters. The van der Waals surface area contributed by atoms with Crippen molar-refractivity contribution in [2.75, 3.05) is 14.1 Å². The minimum atomic E-state index is -1.08. The Morgan fingerprint density at radius 2 is 1.65 bits per heavy atom. The molecule has 0 aliphatic rings. The van der Waals surface area contributed by atoms with Crippen LogP contribution in [0.2, 0.25) is 0 Å². The van der Waals surface area contributed by atoms with Crippen LogP contribution in [0.3, 0.4) is 0 Å². The molecule has 0 radical (unpaired) electrons. The summed E-state index contributed by atoms with van der Waals surface area (Å²) < 4.78 is 1.02. The van der Waals surface area contributed by atoms with E-state index in [0.29, 0.717) is 0 Å². The standard InChI is InChI=1S/C16H21NO2Te/c1-16(2,3)14(18)11-13(20-15(19)17(4)5)12-9-7-6-8-10-12/h6-11H,1-5H3/b13-11-. The van der Waals surface area contributed by atoms with Gasteiger partial charge in [-0.15, -0.1) is 0 Å². The zero-order valence-corrected chi connectivity index (χ0v) is 15.0. The van der Waals surface area contributed by atoms with Crippen LogP contribution in [-0.4, -0.2) is 49.7 Å². The summed E-state index contributed by atoms with van der Waals surface area (Å²) in [4.78, 5) is 25.8. The number of hydrogen-bond acceptors (Lipinski definition) is 2. The van der Waals surface area contributed by atoms with E-state index in [0.717, 1.165) is 9.18 Å². The first-order chi connectivity index (χ1) is 9.21. The molecule has 0 saturated heterocycles. The molecule has 0 aliphatic carbocycles. The quantitative estimate of drug-likeness (QED) is 0.589. The molecule has 0 spiro atoms. The van der Waals surface area contributed by atoms with Crippen LogP contribution in [0.25, 0.3) is 3.62 Å². The molecule has 108 valence electrons. The van der Waals surface area contributed by atoms with Gasteiger partial charge in [0.2, 0.25) is 0 Å². The van der Waals surface area contributed by atoms with Gasteiger partial charge in [-0.2, -0.15) is 0 Å². The Morgan fingerprint density at radius 3 is 2.10 bits per heavy atom. The Bertz CT molecular complexity index is 513. The summed E-state index contributed by atoms with van der Waals surface area (Å²) in [6.07, 6.45) is 1.67. The van der Waals surface area contributed by atoms with Gasteiger partial charge in [-0.05, 0) is 0 Å². The average Bonchev–Trinajstić information content (AvgIpc) is 2.37. The van der Waals surface area contributed by atoms with Crippen molar-refractivity contribution in [2.45, 2.75) is 20.8 Å². The van der Waals surface area contributed by atoms with Crippen LogP contribution in [-0.2, 0) is 4.79 Å². The van der Waals surface area contributed by atoms with Gasteiger partial charge in [0.15, 0.2) is 0 Å². The van der Waals surface area contributed by atoms with Gasteiger partial charge in [-0.3, -0.25) is 0 Å². The molecule has 0 aromatic heterocycles. The molecule has 0 fully saturated rings. The molecule has 0 N–H and O–H groups in total. The molecule has 1 aromatic rings. The molecule has 0 heterocycles. The molecule has 0 aliphatic heterocycles. The summed E-state index contributed by atoms with van der Waals surface area (Å²) in [6.45, 7) is 5.67. The van der Waals surface area contributed by atoms with E-state index >= 15 is 0 Å². The Kier molecular flexibility index (Phi) is 5.98. The second-order valence-corrected chi connectivity index (χ2v) is 8.59. The molecule has 4 heteroatoms. The van der Waals surface area contributed by atoms with Crippen LogP contribution in [0.15, 0.2) is 36.4 Å². The van der Waals surface area contributed by atoms with Crippen molar-refractivity contribution in [2.24, 2.45) is 5.41 Å². The van der Waals surface area contributed by atoms with Crippen LogP contribution in [0, 0.1) is 5.41 Å². The van der Waals surface area contributed by atoms with E-state index in [1.807, 2.05) is 51.1 Å². The third-order valence-corrected chi connectivity index (χ3v) is 5.80. The van der Waals surface area contributed by atoms with Gasteiger partial charge >= 0.3 is 131 Å². The van der Waals surface area contributed by atoms with E-state index in [1.165, 1.54) is 0 Å². The Morgan fingerprint density at radius 1 is 1.10 bits per heavy atom. The Balaban J connectivity index is 3.12. The van der Waals surface area contributed by atoms with Crippen molar-refractivity contribution in [3.8, 4) is 0 Å². The van der Waals surface area contributed by atoms with Gasteiger partial charge in [0.05, 0.1) is 0 Å². The molecule has 1 aromatic carbocycles. The third kappa shape index (κ3) is 5.11. The molecular weight excluding hydrogens is 366 g/mol. The van der Waals surface area contributed by atoms with E-state index in [4.69, 9.17) is 0 Å². The number of nitrogens with zero attached hydrogens (tertiary/aromatic N) is 1. The molecule has 20 heavy (non-hydrogen) atoms. The first kappa shape index (κ1) is 16.9. The van der Waals surface area contributed by atoms with Gasteiger partial charge in [0, 0.05) is 0 Å². The number of benzene rings is 1. The second-order valence-electron chi connectivity index (χ2n) is 5.75. The predicted octanol–water partition coefficient (Wildman–Crippen LogP) is 3.03. The van der Waals surface area contributed by atoms with Crippen molar-refractivity contribution in [3.05, 3.63) is 42.0 Å². The third-order valence-electron chi connectivity index (χ3n) is 2.62. The summed E-state index contributed by atoms with van der Waals surface area (Å²) >= 11 is -1.08. The number of amides is 1. The van der Waals surface area contributed by atoms with Gasteiger partial charge in [0.1, 0.15) is 0 Å². The fraction of sp³-hybridized carbons (Fsp3) is 0.375. The Hall–Kier alpha value is -1.11. The summed E-state index contributed by atoms with van der Waals surface area (Å²) in [5.41, 5.74) is 0.552. The molecule has 0 saturated carbocycles. The predicted molar refractivity (Wildman–Crippen MR) is 83.7 cm³/mol. The van der Waals surface area contributed by atoms with Crippen molar-refractivity contribution in [3.63, 3.8) is 0 Å². The number of carbonyl (C=O) groups excluding carboxylic acids is 2. The van der Waals surface area contributed by atoms with Crippen molar-refractivity contribution < 1.29 is 9.59 Å². The number of allylic oxidation sites excluding steroid dienone is 1. The van der Waals surface area contributed by atoms with Crippen LogP contribution in [0.4, 0.5) is 4.79 Å². The van der Waals surface area contributed by atoms with Gasteiger partial charge in [0.25, 0.3) is 0 Å². The van der Waals surface area contributed by atoms with E-state index in [2.05, 4.69) is 0 Å². The molecule has 1 rings (SSSR count). The van der Waals surface area contributed by atoms with Crippen molar-refractivity contribution >= 4 is 34.3 Å². The average molecular weight is 387 g/mol. The van der Waals surface area contributed by atoms with Crippen LogP contribution >= 0.6 is 0 Å². The summed E-state index contributed by atoms with van der Waals surface area (Å²) in [7, 11) is 3.50. The molecule has 1 amide bonds. The molecule has 3 nitrogen and oxygen atoms in total. The van der Waals surface area contributed by atoms with Gasteiger partial charge in [-0.1, -0.05) is 0 Å². The molecule has 0 bridgehead atoms. The van der Waals surface area contributed by atoms with Gasteiger partial charge in [-0.25, -0.2) is 0 Å². The first-order valence-corrected chi connectivity index (χ1v) is 8.75. The topological polar surface area (TPSA) is 37.4 Å². The monoisotopic (exact) mass is 389 g/mol. The minimum absolute atomic E-state index is 0.0630. The SMILES string of the molecule is CN(C)C(=O)[Te]/C(=C\C(=O)C(C)(C)C)c1ccccc1. The molecular formula is C16H21NO2Te. The maximum atomic E-state index is 12.2. The number of ketones is 1. The van der Waals surface area contributed by atoms with E-state index in [1.54, 1.807) is 25.1 Å². The fourth-order valence-electron chi connectivity index (χ4n) is 1.30.